The number of hydrogen-bond donors (Lipinski definition) is 3. The van der Waals surface area contributed by atoms with Crippen LogP contribution in [0.4, 0.5) is 25.2 Å². The van der Waals surface area contributed by atoms with Gasteiger partial charge in [0, 0.05) is 30.6 Å². The molecule has 2 aromatic heterocycles. The number of anilines is 2. The number of benzene rings is 2. The van der Waals surface area contributed by atoms with Gasteiger partial charge >= 0.3 is 6.09 Å². The van der Waals surface area contributed by atoms with Crippen LogP contribution in [0.25, 0.3) is 22.4 Å². The summed E-state index contributed by atoms with van der Waals surface area (Å²) < 4.78 is 58.3. The van der Waals surface area contributed by atoms with E-state index in [0.29, 0.717) is 11.1 Å². The monoisotopic (exact) mass is 638 g/mol. The van der Waals surface area contributed by atoms with Gasteiger partial charge in [0.2, 0.25) is 16.0 Å². The van der Waals surface area contributed by atoms with Gasteiger partial charge in [-0.3, -0.25) is 14.1 Å². The maximum Gasteiger partial charge on any atom is 0.407 e. The molecule has 0 aliphatic carbocycles. The Kier molecular flexibility index (Phi) is 8.64. The molecule has 0 bridgehead atoms. The molecule has 5 rings (SSSR count). The van der Waals surface area contributed by atoms with Crippen molar-refractivity contribution in [3.05, 3.63) is 76.0 Å². The number of hydrogen-bond acceptors (Lipinski definition) is 9. The molecule has 0 saturated carbocycles. The number of alkyl halides is 1. The number of nitrogens with zero attached hydrogens (tertiary/aromatic N) is 6. The summed E-state index contributed by atoms with van der Waals surface area (Å²) >= 11 is 0. The largest absolute Gasteiger partial charge is 0.465 e. The minimum atomic E-state index is -4.02. The van der Waals surface area contributed by atoms with Crippen LogP contribution in [0.5, 0.6) is 0 Å². The van der Waals surface area contributed by atoms with E-state index in [-0.39, 0.29) is 53.6 Å². The predicted octanol–water partition coefficient (Wildman–Crippen LogP) is 3.89. The Morgan fingerprint density at radius 2 is 1.91 bits per heavy atom. The Morgan fingerprint density at radius 3 is 2.56 bits per heavy atom. The summed E-state index contributed by atoms with van der Waals surface area (Å²) in [4.78, 5) is 39.0. The first-order valence-corrected chi connectivity index (χ1v) is 15.5. The minimum Gasteiger partial charge on any atom is -0.465 e. The zero-order valence-electron chi connectivity index (χ0n) is 24.1. The van der Waals surface area contributed by atoms with E-state index in [1.807, 2.05) is 6.07 Å². The fraction of sp³-hybridized carbons (Fsp3) is 0.310. The number of carbonyl (C=O) groups is 1. The molecule has 4 aromatic rings. The van der Waals surface area contributed by atoms with Gasteiger partial charge in [0.25, 0.3) is 5.56 Å². The second-order valence-corrected chi connectivity index (χ2v) is 12.6. The summed E-state index contributed by atoms with van der Waals surface area (Å²) in [7, 11) is -4.02. The normalized spacial score (nSPS) is 16.8. The average molecular weight is 639 g/mol. The lowest BCUT2D eigenvalue weighted by Crippen LogP contribution is -2.49. The third-order valence-electron chi connectivity index (χ3n) is 7.10. The fourth-order valence-corrected chi connectivity index (χ4v) is 6.27. The SMILES string of the molecule is CC(C)n1c(=O)c(-c2ccc(NS(=O)(=O)Cc3ccc(C#N)cc3)c(F)c2)nc2cnc(N[C@H]3C[C@H](F)CN(C(=O)O)C3)nc21. The molecule has 1 saturated heterocycles. The van der Waals surface area contributed by atoms with Crippen molar-refractivity contribution in [2.24, 2.45) is 0 Å². The zero-order valence-corrected chi connectivity index (χ0v) is 24.9. The minimum absolute atomic E-state index is 0.0263. The van der Waals surface area contributed by atoms with Crippen molar-refractivity contribution in [2.45, 2.75) is 44.3 Å². The van der Waals surface area contributed by atoms with Crippen molar-refractivity contribution < 1.29 is 27.1 Å². The summed E-state index contributed by atoms with van der Waals surface area (Å²) in [5.74, 6) is -1.33. The average Bonchev–Trinajstić information content (AvgIpc) is 2.97. The van der Waals surface area contributed by atoms with Crippen LogP contribution in [0.1, 0.15) is 37.4 Å². The zero-order chi connectivity index (χ0) is 32.5. The van der Waals surface area contributed by atoms with Gasteiger partial charge < -0.3 is 15.3 Å². The molecule has 45 heavy (non-hydrogen) atoms. The molecule has 16 heteroatoms. The van der Waals surface area contributed by atoms with Gasteiger partial charge in [0.1, 0.15) is 23.2 Å². The van der Waals surface area contributed by atoms with Crippen molar-refractivity contribution in [1.29, 1.82) is 5.26 Å². The highest BCUT2D eigenvalue weighted by molar-refractivity contribution is 7.91. The van der Waals surface area contributed by atoms with E-state index in [0.717, 1.165) is 11.0 Å². The number of halogens is 2. The molecule has 0 spiro atoms. The van der Waals surface area contributed by atoms with Crippen LogP contribution >= 0.6 is 0 Å². The first-order valence-electron chi connectivity index (χ1n) is 13.8. The quantitative estimate of drug-likeness (QED) is 0.256. The summed E-state index contributed by atoms with van der Waals surface area (Å²) in [5.41, 5.74) is 0.207. The summed E-state index contributed by atoms with van der Waals surface area (Å²) in [5, 5.41) is 21.1. The lowest BCUT2D eigenvalue weighted by molar-refractivity contribution is 0.102. The van der Waals surface area contributed by atoms with E-state index < -0.39 is 51.5 Å². The van der Waals surface area contributed by atoms with Crippen LogP contribution < -0.4 is 15.6 Å². The molecule has 3 heterocycles. The number of amides is 1. The number of piperidine rings is 1. The highest BCUT2D eigenvalue weighted by atomic mass is 32.2. The second kappa shape index (κ2) is 12.4. The standard InChI is InChI=1S/C29H28F2N8O5S/c1-16(2)39-26-24(12-33-28(36-26)34-21-10-20(30)13-38(14-21)29(41)42)35-25(27(39)40)19-7-8-23(22(31)9-19)37-45(43,44)15-18-5-3-17(11-32)4-6-18/h3-9,12,16,20-21,37H,10,13-15H2,1-2H3,(H,41,42)(H,33,34,36)/t20-,21-/m0/s1. The Hall–Kier alpha value is -5.17. The van der Waals surface area contributed by atoms with Crippen LogP contribution in [0.2, 0.25) is 0 Å². The summed E-state index contributed by atoms with van der Waals surface area (Å²) in [6.45, 7) is 3.29. The summed E-state index contributed by atoms with van der Waals surface area (Å²) in [6.07, 6.45) is -1.21. The lowest BCUT2D eigenvalue weighted by Gasteiger charge is -2.33. The van der Waals surface area contributed by atoms with Crippen molar-refractivity contribution in [1.82, 2.24) is 24.4 Å². The van der Waals surface area contributed by atoms with Crippen LogP contribution in [0.3, 0.4) is 0 Å². The van der Waals surface area contributed by atoms with Gasteiger partial charge in [-0.05, 0) is 43.7 Å². The first-order chi connectivity index (χ1) is 21.3. The van der Waals surface area contributed by atoms with E-state index >= 15 is 4.39 Å². The maximum absolute atomic E-state index is 15.2. The number of sulfonamides is 1. The highest BCUT2D eigenvalue weighted by Gasteiger charge is 2.30. The van der Waals surface area contributed by atoms with Crippen molar-refractivity contribution in [2.75, 3.05) is 23.1 Å². The predicted molar refractivity (Wildman–Crippen MR) is 161 cm³/mol. The van der Waals surface area contributed by atoms with Gasteiger partial charge in [0.15, 0.2) is 5.65 Å². The van der Waals surface area contributed by atoms with Crippen molar-refractivity contribution in [3.8, 4) is 17.3 Å². The molecule has 0 radical (unpaired) electrons. The Balaban J connectivity index is 1.42. The van der Waals surface area contributed by atoms with E-state index in [9.17, 15) is 27.5 Å². The van der Waals surface area contributed by atoms with Crippen LogP contribution in [0, 0.1) is 17.1 Å². The van der Waals surface area contributed by atoms with Crippen LogP contribution in [-0.4, -0.2) is 69.3 Å². The Bertz CT molecular complexity index is 1980. The number of aromatic nitrogens is 4. The first kappa shape index (κ1) is 31.3. The van der Waals surface area contributed by atoms with E-state index in [1.165, 1.54) is 47.2 Å². The molecular weight excluding hydrogens is 610 g/mol. The molecule has 1 fully saturated rings. The number of nitrogens with one attached hydrogen (secondary N) is 2. The molecule has 0 unspecified atom stereocenters. The topological polar surface area (TPSA) is 183 Å². The highest BCUT2D eigenvalue weighted by Crippen LogP contribution is 2.25. The fourth-order valence-electron chi connectivity index (χ4n) is 5.06. The van der Waals surface area contributed by atoms with Crippen molar-refractivity contribution >= 4 is 38.9 Å². The smallest absolute Gasteiger partial charge is 0.407 e. The Morgan fingerprint density at radius 1 is 1.18 bits per heavy atom. The molecule has 1 aliphatic rings. The molecule has 1 aliphatic heterocycles. The number of nitriles is 1. The number of carboxylic acid groups (broad SMARTS) is 1. The van der Waals surface area contributed by atoms with Crippen molar-refractivity contribution in [3.63, 3.8) is 0 Å². The molecular formula is C29H28F2N8O5S. The van der Waals surface area contributed by atoms with Gasteiger partial charge in [-0.2, -0.15) is 10.2 Å². The van der Waals surface area contributed by atoms with Gasteiger partial charge in [-0.25, -0.2) is 32.0 Å². The molecule has 3 N–H and O–H groups in total. The molecule has 1 amide bonds. The van der Waals surface area contributed by atoms with Crippen LogP contribution in [0.15, 0.2) is 53.5 Å². The van der Waals surface area contributed by atoms with Gasteiger partial charge in [-0.1, -0.05) is 18.2 Å². The van der Waals surface area contributed by atoms with Gasteiger partial charge in [-0.15, -0.1) is 0 Å². The van der Waals surface area contributed by atoms with Crippen LogP contribution in [-0.2, 0) is 15.8 Å². The molecule has 13 nitrogen and oxygen atoms in total. The maximum atomic E-state index is 15.2. The summed E-state index contributed by atoms with van der Waals surface area (Å²) in [6, 6.07) is 10.4. The third-order valence-corrected chi connectivity index (χ3v) is 8.34. The van der Waals surface area contributed by atoms with E-state index in [4.69, 9.17) is 5.26 Å². The Labute approximate surface area is 256 Å². The van der Waals surface area contributed by atoms with Gasteiger partial charge in [0.05, 0.1) is 35.8 Å². The van der Waals surface area contributed by atoms with E-state index in [1.54, 1.807) is 13.8 Å². The lowest BCUT2D eigenvalue weighted by atomic mass is 10.0. The second-order valence-electron chi connectivity index (χ2n) is 10.9. The van der Waals surface area contributed by atoms with E-state index in [2.05, 4.69) is 25.0 Å². The molecule has 2 atom stereocenters. The molecule has 2 aromatic carbocycles. The number of fused-ring (bicyclic) bond motifs is 1. The number of likely N-dealkylation sites (tertiary alicyclic amines) is 1. The molecule has 234 valence electrons. The third kappa shape index (κ3) is 6.99. The number of rotatable bonds is 8.